The third-order valence-electron chi connectivity index (χ3n) is 4.00. The smallest absolute Gasteiger partial charge is 0.251 e. The molecule has 0 radical (unpaired) electrons. The molecule has 2 rings (SSSR count). The molecule has 104 valence electrons. The first-order valence-electron chi connectivity index (χ1n) is 6.81. The standard InChI is InChI=1S/C15H19BrFNO/c1-10-4-2-3-5-12(10)9-18-15(19)11-6-7-14(17)13(16)8-11/h6-8,10,12H,2-5,9H2,1H3,(H,18,19). The first-order valence-corrected chi connectivity index (χ1v) is 7.60. The Kier molecular flexibility index (Phi) is 4.97. The molecular weight excluding hydrogens is 309 g/mol. The monoisotopic (exact) mass is 327 g/mol. The van der Waals surface area contributed by atoms with Gasteiger partial charge in [-0.05, 0) is 52.4 Å². The van der Waals surface area contributed by atoms with E-state index in [1.54, 1.807) is 0 Å². The summed E-state index contributed by atoms with van der Waals surface area (Å²) in [5.74, 6) is 0.770. The average molecular weight is 328 g/mol. The molecule has 1 saturated carbocycles. The number of rotatable bonds is 3. The van der Waals surface area contributed by atoms with Gasteiger partial charge in [-0.25, -0.2) is 4.39 Å². The van der Waals surface area contributed by atoms with E-state index in [2.05, 4.69) is 28.2 Å². The van der Waals surface area contributed by atoms with Gasteiger partial charge in [0.05, 0.1) is 4.47 Å². The summed E-state index contributed by atoms with van der Waals surface area (Å²) in [5, 5.41) is 2.96. The van der Waals surface area contributed by atoms with Gasteiger partial charge in [0.2, 0.25) is 0 Å². The van der Waals surface area contributed by atoms with E-state index in [9.17, 15) is 9.18 Å². The topological polar surface area (TPSA) is 29.1 Å². The molecule has 0 heterocycles. The Labute approximate surface area is 121 Å². The van der Waals surface area contributed by atoms with Gasteiger partial charge in [-0.15, -0.1) is 0 Å². The Morgan fingerprint density at radius 2 is 2.16 bits per heavy atom. The Morgan fingerprint density at radius 3 is 2.84 bits per heavy atom. The lowest BCUT2D eigenvalue weighted by molar-refractivity contribution is 0.0936. The molecular formula is C15H19BrFNO. The van der Waals surface area contributed by atoms with Crippen molar-refractivity contribution in [3.63, 3.8) is 0 Å². The van der Waals surface area contributed by atoms with E-state index >= 15 is 0 Å². The Balaban J connectivity index is 1.91. The maximum atomic E-state index is 13.1. The predicted octanol–water partition coefficient (Wildman–Crippen LogP) is 4.14. The molecule has 1 N–H and O–H groups in total. The summed E-state index contributed by atoms with van der Waals surface area (Å²) in [4.78, 5) is 12.0. The summed E-state index contributed by atoms with van der Waals surface area (Å²) >= 11 is 3.10. The normalized spacial score (nSPS) is 23.1. The van der Waals surface area contributed by atoms with Crippen molar-refractivity contribution in [1.29, 1.82) is 0 Å². The van der Waals surface area contributed by atoms with Crippen molar-refractivity contribution in [3.05, 3.63) is 34.1 Å². The van der Waals surface area contributed by atoms with Crippen LogP contribution in [0.3, 0.4) is 0 Å². The molecule has 19 heavy (non-hydrogen) atoms. The van der Waals surface area contributed by atoms with Gasteiger partial charge in [-0.2, -0.15) is 0 Å². The number of hydrogen-bond acceptors (Lipinski definition) is 1. The summed E-state index contributed by atoms with van der Waals surface area (Å²) < 4.78 is 13.4. The minimum Gasteiger partial charge on any atom is -0.352 e. The van der Waals surface area contributed by atoms with E-state index in [1.807, 2.05) is 0 Å². The van der Waals surface area contributed by atoms with Crippen LogP contribution in [0.25, 0.3) is 0 Å². The molecule has 4 heteroatoms. The van der Waals surface area contributed by atoms with Crippen molar-refractivity contribution >= 4 is 21.8 Å². The van der Waals surface area contributed by atoms with Crippen molar-refractivity contribution < 1.29 is 9.18 Å². The van der Waals surface area contributed by atoms with E-state index in [-0.39, 0.29) is 11.7 Å². The molecule has 1 aromatic rings. The molecule has 0 aromatic heterocycles. The summed E-state index contributed by atoms with van der Waals surface area (Å²) in [6.07, 6.45) is 5.00. The summed E-state index contributed by atoms with van der Waals surface area (Å²) in [6, 6.07) is 4.34. The van der Waals surface area contributed by atoms with E-state index in [0.29, 0.717) is 21.9 Å². The number of carbonyl (C=O) groups excluding carboxylic acids is 1. The zero-order chi connectivity index (χ0) is 13.8. The van der Waals surface area contributed by atoms with Crippen molar-refractivity contribution in [3.8, 4) is 0 Å². The highest BCUT2D eigenvalue weighted by Gasteiger charge is 2.21. The molecule has 0 saturated heterocycles. The molecule has 0 spiro atoms. The zero-order valence-corrected chi connectivity index (χ0v) is 12.7. The number of amides is 1. The first-order chi connectivity index (χ1) is 9.08. The van der Waals surface area contributed by atoms with Crippen molar-refractivity contribution in [2.45, 2.75) is 32.6 Å². The Hall–Kier alpha value is -0.900. The van der Waals surface area contributed by atoms with Crippen LogP contribution in [0.5, 0.6) is 0 Å². The third kappa shape index (κ3) is 3.78. The van der Waals surface area contributed by atoms with Crippen LogP contribution in [0.4, 0.5) is 4.39 Å². The van der Waals surface area contributed by atoms with Crippen molar-refractivity contribution in [2.24, 2.45) is 11.8 Å². The highest BCUT2D eigenvalue weighted by molar-refractivity contribution is 9.10. The third-order valence-corrected chi connectivity index (χ3v) is 4.60. The summed E-state index contributed by atoms with van der Waals surface area (Å²) in [6.45, 7) is 2.97. The Morgan fingerprint density at radius 1 is 1.42 bits per heavy atom. The van der Waals surface area contributed by atoms with Gasteiger partial charge in [-0.1, -0.05) is 26.2 Å². The molecule has 2 unspecified atom stereocenters. The van der Waals surface area contributed by atoms with Gasteiger partial charge in [0.1, 0.15) is 5.82 Å². The molecule has 2 nitrogen and oxygen atoms in total. The van der Waals surface area contributed by atoms with Crippen LogP contribution in [-0.2, 0) is 0 Å². The quantitative estimate of drug-likeness (QED) is 0.887. The van der Waals surface area contributed by atoms with Crippen LogP contribution >= 0.6 is 15.9 Å². The van der Waals surface area contributed by atoms with E-state index in [0.717, 1.165) is 6.54 Å². The molecule has 0 aliphatic heterocycles. The maximum Gasteiger partial charge on any atom is 0.251 e. The average Bonchev–Trinajstić information content (AvgIpc) is 2.40. The predicted molar refractivity (Wildman–Crippen MR) is 77.6 cm³/mol. The number of benzene rings is 1. The first kappa shape index (κ1) is 14.5. The van der Waals surface area contributed by atoms with Gasteiger partial charge < -0.3 is 5.32 Å². The SMILES string of the molecule is CC1CCCCC1CNC(=O)c1ccc(F)c(Br)c1. The fourth-order valence-corrected chi connectivity index (χ4v) is 3.04. The fraction of sp³-hybridized carbons (Fsp3) is 0.533. The van der Waals surface area contributed by atoms with Crippen molar-refractivity contribution in [1.82, 2.24) is 5.32 Å². The highest BCUT2D eigenvalue weighted by Crippen LogP contribution is 2.28. The number of halogens is 2. The van der Waals surface area contributed by atoms with Gasteiger partial charge in [0.25, 0.3) is 5.91 Å². The van der Waals surface area contributed by atoms with Crippen LogP contribution < -0.4 is 5.32 Å². The van der Waals surface area contributed by atoms with Crippen LogP contribution in [0.1, 0.15) is 43.0 Å². The second-order valence-corrected chi connectivity index (χ2v) is 6.22. The highest BCUT2D eigenvalue weighted by atomic mass is 79.9. The molecule has 2 atom stereocenters. The molecule has 1 amide bonds. The summed E-state index contributed by atoms with van der Waals surface area (Å²) in [7, 11) is 0. The number of nitrogens with one attached hydrogen (secondary N) is 1. The molecule has 1 aromatic carbocycles. The van der Waals surface area contributed by atoms with E-state index in [1.165, 1.54) is 43.9 Å². The second-order valence-electron chi connectivity index (χ2n) is 5.36. The largest absolute Gasteiger partial charge is 0.352 e. The zero-order valence-electron chi connectivity index (χ0n) is 11.1. The molecule has 1 fully saturated rings. The van der Waals surface area contributed by atoms with Crippen molar-refractivity contribution in [2.75, 3.05) is 6.54 Å². The molecule has 0 bridgehead atoms. The van der Waals surface area contributed by atoms with Gasteiger partial charge >= 0.3 is 0 Å². The lowest BCUT2D eigenvalue weighted by Crippen LogP contribution is -2.33. The van der Waals surface area contributed by atoms with E-state index < -0.39 is 0 Å². The van der Waals surface area contributed by atoms with Crippen LogP contribution in [-0.4, -0.2) is 12.5 Å². The van der Waals surface area contributed by atoms with Crippen LogP contribution in [0.15, 0.2) is 22.7 Å². The van der Waals surface area contributed by atoms with Gasteiger partial charge in [0, 0.05) is 12.1 Å². The number of hydrogen-bond donors (Lipinski definition) is 1. The molecule has 1 aliphatic carbocycles. The summed E-state index contributed by atoms with van der Waals surface area (Å²) in [5.41, 5.74) is 0.497. The second kappa shape index (κ2) is 6.51. The van der Waals surface area contributed by atoms with Gasteiger partial charge in [0.15, 0.2) is 0 Å². The number of carbonyl (C=O) groups is 1. The molecule has 1 aliphatic rings. The Bertz CT molecular complexity index is 463. The minimum absolute atomic E-state index is 0.126. The lowest BCUT2D eigenvalue weighted by Gasteiger charge is -2.28. The van der Waals surface area contributed by atoms with Crippen LogP contribution in [0, 0.1) is 17.7 Å². The van der Waals surface area contributed by atoms with Gasteiger partial charge in [-0.3, -0.25) is 4.79 Å². The van der Waals surface area contributed by atoms with E-state index in [4.69, 9.17) is 0 Å². The minimum atomic E-state index is -0.350. The van der Waals surface area contributed by atoms with Crippen LogP contribution in [0.2, 0.25) is 0 Å². The maximum absolute atomic E-state index is 13.1. The fourth-order valence-electron chi connectivity index (χ4n) is 2.66. The lowest BCUT2D eigenvalue weighted by atomic mass is 9.80.